The third kappa shape index (κ3) is 3.19. The number of anilines is 2. The quantitative estimate of drug-likeness (QED) is 0.458. The number of fused-ring (bicyclic) bond motifs is 3. The van der Waals surface area contributed by atoms with E-state index in [1.807, 2.05) is 10.8 Å². The second kappa shape index (κ2) is 6.24. The highest BCUT2D eigenvalue weighted by atomic mass is 32.1. The summed E-state index contributed by atoms with van der Waals surface area (Å²) in [5.74, 6) is -0.697. The Hall–Kier alpha value is -3.13. The van der Waals surface area contributed by atoms with Crippen LogP contribution in [0.2, 0.25) is 0 Å². The molecule has 0 spiro atoms. The molecule has 0 amide bonds. The van der Waals surface area contributed by atoms with Gasteiger partial charge in [-0.1, -0.05) is 12.1 Å². The van der Waals surface area contributed by atoms with E-state index in [-0.39, 0.29) is 11.3 Å². The SMILES string of the molecule is O=C(O)c1ccc2c(c1)nc(Nc1cccc(C(F)(F)F)c1)c1cscc12. The predicted molar refractivity (Wildman–Crippen MR) is 98.8 cm³/mol. The number of rotatable bonds is 3. The first-order valence-electron chi connectivity index (χ1n) is 7.80. The Kier molecular flexibility index (Phi) is 4.00. The van der Waals surface area contributed by atoms with Crippen molar-refractivity contribution in [1.82, 2.24) is 4.98 Å². The fraction of sp³-hybridized carbons (Fsp3) is 0.0526. The first kappa shape index (κ1) is 17.3. The lowest BCUT2D eigenvalue weighted by molar-refractivity contribution is -0.137. The zero-order valence-corrected chi connectivity index (χ0v) is 14.4. The van der Waals surface area contributed by atoms with Crippen molar-refractivity contribution in [3.63, 3.8) is 0 Å². The molecule has 4 nitrogen and oxygen atoms in total. The first-order valence-corrected chi connectivity index (χ1v) is 8.74. The fourth-order valence-electron chi connectivity index (χ4n) is 2.86. The summed E-state index contributed by atoms with van der Waals surface area (Å²) in [5.41, 5.74) is 0.0338. The van der Waals surface area contributed by atoms with Crippen molar-refractivity contribution < 1.29 is 23.1 Å². The Balaban J connectivity index is 1.85. The van der Waals surface area contributed by atoms with Crippen LogP contribution in [0.25, 0.3) is 21.7 Å². The summed E-state index contributed by atoms with van der Waals surface area (Å²) in [4.78, 5) is 15.7. The lowest BCUT2D eigenvalue weighted by Crippen LogP contribution is -2.05. The number of aromatic carboxylic acids is 1. The van der Waals surface area contributed by atoms with E-state index in [2.05, 4.69) is 10.3 Å². The second-order valence-electron chi connectivity index (χ2n) is 5.90. The molecule has 2 N–H and O–H groups in total. The maximum atomic E-state index is 12.9. The molecule has 2 aromatic heterocycles. The number of nitrogens with zero attached hydrogens (tertiary/aromatic N) is 1. The summed E-state index contributed by atoms with van der Waals surface area (Å²) in [6.45, 7) is 0. The van der Waals surface area contributed by atoms with E-state index in [1.165, 1.54) is 35.6 Å². The summed E-state index contributed by atoms with van der Waals surface area (Å²) in [5, 5.41) is 18.3. The van der Waals surface area contributed by atoms with Gasteiger partial charge >= 0.3 is 12.1 Å². The van der Waals surface area contributed by atoms with Crippen molar-refractivity contribution in [1.29, 1.82) is 0 Å². The first-order chi connectivity index (χ1) is 12.8. The number of thiophene rings is 1. The van der Waals surface area contributed by atoms with Crippen LogP contribution in [0, 0.1) is 0 Å². The van der Waals surface area contributed by atoms with E-state index in [0.29, 0.717) is 11.3 Å². The summed E-state index contributed by atoms with van der Waals surface area (Å²) in [6.07, 6.45) is -4.44. The van der Waals surface area contributed by atoms with Gasteiger partial charge in [-0.3, -0.25) is 0 Å². The van der Waals surface area contributed by atoms with Crippen LogP contribution in [0.1, 0.15) is 15.9 Å². The molecule has 0 unspecified atom stereocenters. The average Bonchev–Trinajstić information content (AvgIpc) is 3.11. The number of aromatic nitrogens is 1. The van der Waals surface area contributed by atoms with E-state index in [1.54, 1.807) is 6.07 Å². The van der Waals surface area contributed by atoms with Crippen LogP contribution in [-0.2, 0) is 6.18 Å². The molecule has 2 heterocycles. The normalized spacial score (nSPS) is 11.8. The molecule has 0 radical (unpaired) electrons. The molecule has 0 aliphatic rings. The van der Waals surface area contributed by atoms with Gasteiger partial charge in [0.25, 0.3) is 0 Å². The molecule has 0 saturated carbocycles. The van der Waals surface area contributed by atoms with Crippen molar-refractivity contribution in [2.75, 3.05) is 5.32 Å². The minimum absolute atomic E-state index is 0.0922. The van der Waals surface area contributed by atoms with Crippen LogP contribution < -0.4 is 5.32 Å². The number of alkyl halides is 3. The third-order valence-corrected chi connectivity index (χ3v) is 4.88. The van der Waals surface area contributed by atoms with E-state index in [0.717, 1.165) is 28.3 Å². The van der Waals surface area contributed by atoms with Gasteiger partial charge in [-0.25, -0.2) is 9.78 Å². The number of pyridine rings is 1. The molecule has 136 valence electrons. The molecule has 8 heteroatoms. The maximum absolute atomic E-state index is 12.9. The second-order valence-corrected chi connectivity index (χ2v) is 6.64. The molecule has 0 saturated heterocycles. The van der Waals surface area contributed by atoms with Crippen LogP contribution in [-0.4, -0.2) is 16.1 Å². The van der Waals surface area contributed by atoms with Gasteiger partial charge in [-0.15, -0.1) is 0 Å². The van der Waals surface area contributed by atoms with Crippen LogP contribution in [0.5, 0.6) is 0 Å². The Bertz CT molecular complexity index is 1180. The summed E-state index contributed by atoms with van der Waals surface area (Å²) < 4.78 is 38.8. The molecule has 0 fully saturated rings. The molecule has 27 heavy (non-hydrogen) atoms. The molecule has 4 rings (SSSR count). The van der Waals surface area contributed by atoms with Crippen molar-refractivity contribution >= 4 is 50.5 Å². The molecular formula is C19H11F3N2O2S. The zero-order chi connectivity index (χ0) is 19.2. The Labute approximate surface area is 154 Å². The summed E-state index contributed by atoms with van der Waals surface area (Å²) >= 11 is 1.43. The van der Waals surface area contributed by atoms with Crippen molar-refractivity contribution in [3.8, 4) is 0 Å². The fourth-order valence-corrected chi connectivity index (χ4v) is 3.69. The van der Waals surface area contributed by atoms with Gasteiger partial charge in [0, 0.05) is 27.2 Å². The third-order valence-electron chi connectivity index (χ3n) is 4.14. The standard InChI is InChI=1S/C19H11F3N2O2S/c20-19(21,22)11-2-1-3-12(7-11)23-17-15-9-27-8-14(15)13-5-4-10(18(25)26)6-16(13)24-17/h1-9H,(H,23,24)(H,25,26). The average molecular weight is 388 g/mol. The van der Waals surface area contributed by atoms with Crippen LogP contribution in [0.4, 0.5) is 24.7 Å². The lowest BCUT2D eigenvalue weighted by atomic mass is 10.1. The molecule has 0 atom stereocenters. The van der Waals surface area contributed by atoms with Gasteiger partial charge in [0.05, 0.1) is 16.6 Å². The van der Waals surface area contributed by atoms with Crippen molar-refractivity contribution in [2.24, 2.45) is 0 Å². The minimum atomic E-state index is -4.44. The van der Waals surface area contributed by atoms with E-state index < -0.39 is 17.7 Å². The molecule has 0 bridgehead atoms. The molecule has 4 aromatic rings. The topological polar surface area (TPSA) is 62.2 Å². The molecule has 0 aliphatic carbocycles. The van der Waals surface area contributed by atoms with Crippen LogP contribution in [0.3, 0.4) is 0 Å². The molecule has 2 aromatic carbocycles. The van der Waals surface area contributed by atoms with Gasteiger partial charge in [0.15, 0.2) is 0 Å². The van der Waals surface area contributed by atoms with E-state index in [9.17, 15) is 23.1 Å². The zero-order valence-electron chi connectivity index (χ0n) is 13.5. The Morgan fingerprint density at radius 1 is 1.04 bits per heavy atom. The van der Waals surface area contributed by atoms with Gasteiger partial charge < -0.3 is 10.4 Å². The summed E-state index contributed by atoms with van der Waals surface area (Å²) in [7, 11) is 0. The number of halogens is 3. The molecule has 0 aliphatic heterocycles. The highest BCUT2D eigenvalue weighted by molar-refractivity contribution is 7.09. The van der Waals surface area contributed by atoms with Gasteiger partial charge in [-0.05, 0) is 35.7 Å². The minimum Gasteiger partial charge on any atom is -0.478 e. The van der Waals surface area contributed by atoms with E-state index in [4.69, 9.17) is 0 Å². The van der Waals surface area contributed by atoms with Crippen LogP contribution in [0.15, 0.2) is 53.2 Å². The smallest absolute Gasteiger partial charge is 0.416 e. The number of carboxylic acids is 1. The van der Waals surface area contributed by atoms with E-state index >= 15 is 0 Å². The number of benzene rings is 2. The number of carbonyl (C=O) groups is 1. The molecular weight excluding hydrogens is 377 g/mol. The maximum Gasteiger partial charge on any atom is 0.416 e. The van der Waals surface area contributed by atoms with Gasteiger partial charge in [0.1, 0.15) is 5.82 Å². The van der Waals surface area contributed by atoms with Crippen LogP contribution >= 0.6 is 11.3 Å². The highest BCUT2D eigenvalue weighted by Gasteiger charge is 2.30. The number of carboxylic acid groups (broad SMARTS) is 1. The monoisotopic (exact) mass is 388 g/mol. The number of nitrogens with one attached hydrogen (secondary N) is 1. The Morgan fingerprint density at radius 2 is 1.81 bits per heavy atom. The van der Waals surface area contributed by atoms with Gasteiger partial charge in [0.2, 0.25) is 0 Å². The predicted octanol–water partition coefficient (Wildman–Crippen LogP) is 5.91. The van der Waals surface area contributed by atoms with Crippen molar-refractivity contribution in [3.05, 3.63) is 64.4 Å². The lowest BCUT2D eigenvalue weighted by Gasteiger charge is -2.12. The number of hydrogen-bond donors (Lipinski definition) is 2. The Morgan fingerprint density at radius 3 is 2.56 bits per heavy atom. The number of hydrogen-bond acceptors (Lipinski definition) is 4. The largest absolute Gasteiger partial charge is 0.478 e. The highest BCUT2D eigenvalue weighted by Crippen LogP contribution is 2.35. The van der Waals surface area contributed by atoms with Crippen molar-refractivity contribution in [2.45, 2.75) is 6.18 Å². The summed E-state index contributed by atoms with van der Waals surface area (Å²) in [6, 6.07) is 9.49. The van der Waals surface area contributed by atoms with Gasteiger partial charge in [-0.2, -0.15) is 24.5 Å².